The van der Waals surface area contributed by atoms with E-state index in [-0.39, 0.29) is 12.0 Å². The number of nitrogens with one attached hydrogen (secondary N) is 2. The number of carbonyl (C=O) groups is 1. The second-order valence-corrected chi connectivity index (χ2v) is 4.89. The van der Waals surface area contributed by atoms with Gasteiger partial charge in [0.25, 0.3) is 0 Å². The molecule has 0 bridgehead atoms. The Kier molecular flexibility index (Phi) is 5.77. The van der Waals surface area contributed by atoms with E-state index in [9.17, 15) is 4.79 Å². The van der Waals surface area contributed by atoms with Crippen molar-refractivity contribution in [3.8, 4) is 0 Å². The molecule has 0 saturated heterocycles. The minimum absolute atomic E-state index is 0.0791. The number of carbonyl (C=O) groups excluding carboxylic acids is 1. The number of amides is 1. The summed E-state index contributed by atoms with van der Waals surface area (Å²) >= 11 is 0. The standard InChI is InChI=1S/C12H24N2O2/c1-9(2)7-14-12(15)8-13-10-5-4-6-11(10)16-3/h9-11,13H,4-8H2,1-3H3,(H,14,15). The maximum Gasteiger partial charge on any atom is 0.233 e. The van der Waals surface area contributed by atoms with Gasteiger partial charge < -0.3 is 15.4 Å². The topological polar surface area (TPSA) is 50.4 Å². The molecule has 94 valence electrons. The Bertz CT molecular complexity index is 219. The van der Waals surface area contributed by atoms with Gasteiger partial charge in [-0.05, 0) is 25.2 Å². The summed E-state index contributed by atoms with van der Waals surface area (Å²) in [7, 11) is 1.74. The van der Waals surface area contributed by atoms with Crippen molar-refractivity contribution < 1.29 is 9.53 Å². The van der Waals surface area contributed by atoms with Gasteiger partial charge >= 0.3 is 0 Å². The molecule has 0 aliphatic heterocycles. The fourth-order valence-electron chi connectivity index (χ4n) is 2.05. The Balaban J connectivity index is 2.16. The van der Waals surface area contributed by atoms with Crippen molar-refractivity contribution in [2.45, 2.75) is 45.3 Å². The van der Waals surface area contributed by atoms with Gasteiger partial charge in [-0.25, -0.2) is 0 Å². The molecule has 1 fully saturated rings. The van der Waals surface area contributed by atoms with Crippen LogP contribution in [0.1, 0.15) is 33.1 Å². The molecule has 2 atom stereocenters. The highest BCUT2D eigenvalue weighted by Gasteiger charge is 2.26. The molecule has 0 spiro atoms. The molecule has 2 N–H and O–H groups in total. The van der Waals surface area contributed by atoms with Crippen LogP contribution in [0, 0.1) is 5.92 Å². The number of methoxy groups -OCH3 is 1. The first-order chi connectivity index (χ1) is 7.63. The van der Waals surface area contributed by atoms with E-state index < -0.39 is 0 Å². The summed E-state index contributed by atoms with van der Waals surface area (Å²) in [6.07, 6.45) is 3.67. The molecule has 0 aromatic heterocycles. The van der Waals surface area contributed by atoms with E-state index in [4.69, 9.17) is 4.74 Å². The Morgan fingerprint density at radius 1 is 1.44 bits per heavy atom. The van der Waals surface area contributed by atoms with Crippen LogP contribution in [0.4, 0.5) is 0 Å². The van der Waals surface area contributed by atoms with Crippen molar-refractivity contribution in [3.05, 3.63) is 0 Å². The fraction of sp³-hybridized carbons (Fsp3) is 0.917. The predicted octanol–water partition coefficient (Wildman–Crippen LogP) is 0.916. The maximum absolute atomic E-state index is 11.5. The molecule has 16 heavy (non-hydrogen) atoms. The SMILES string of the molecule is COC1CCCC1NCC(=O)NCC(C)C. The van der Waals surface area contributed by atoms with Gasteiger partial charge in [0, 0.05) is 19.7 Å². The third-order valence-electron chi connectivity index (χ3n) is 2.99. The van der Waals surface area contributed by atoms with Gasteiger partial charge in [-0.3, -0.25) is 4.79 Å². The van der Waals surface area contributed by atoms with E-state index in [2.05, 4.69) is 24.5 Å². The number of hydrogen-bond donors (Lipinski definition) is 2. The molecule has 0 aromatic carbocycles. The molecule has 1 aliphatic rings. The van der Waals surface area contributed by atoms with Gasteiger partial charge in [-0.15, -0.1) is 0 Å². The van der Waals surface area contributed by atoms with E-state index in [1.165, 1.54) is 6.42 Å². The van der Waals surface area contributed by atoms with Crippen molar-refractivity contribution >= 4 is 5.91 Å². The van der Waals surface area contributed by atoms with Crippen LogP contribution in [0.5, 0.6) is 0 Å². The fourth-order valence-corrected chi connectivity index (χ4v) is 2.05. The predicted molar refractivity (Wildman–Crippen MR) is 64.3 cm³/mol. The van der Waals surface area contributed by atoms with Crippen molar-refractivity contribution in [3.63, 3.8) is 0 Å². The molecule has 0 heterocycles. The second-order valence-electron chi connectivity index (χ2n) is 4.89. The largest absolute Gasteiger partial charge is 0.380 e. The lowest BCUT2D eigenvalue weighted by Crippen LogP contribution is -2.43. The molecule has 1 rings (SSSR count). The minimum atomic E-state index is 0.0791. The quantitative estimate of drug-likeness (QED) is 0.710. The summed E-state index contributed by atoms with van der Waals surface area (Å²) in [4.78, 5) is 11.5. The lowest BCUT2D eigenvalue weighted by atomic mass is 10.2. The molecule has 4 nitrogen and oxygen atoms in total. The molecule has 0 radical (unpaired) electrons. The smallest absolute Gasteiger partial charge is 0.233 e. The van der Waals surface area contributed by atoms with Crippen LogP contribution >= 0.6 is 0 Å². The van der Waals surface area contributed by atoms with Gasteiger partial charge in [-0.1, -0.05) is 13.8 Å². The van der Waals surface area contributed by atoms with Crippen molar-refractivity contribution in [1.82, 2.24) is 10.6 Å². The lowest BCUT2D eigenvalue weighted by Gasteiger charge is -2.19. The first-order valence-corrected chi connectivity index (χ1v) is 6.16. The summed E-state index contributed by atoms with van der Waals surface area (Å²) in [6, 6.07) is 0.342. The van der Waals surface area contributed by atoms with E-state index in [0.29, 0.717) is 18.5 Å². The zero-order chi connectivity index (χ0) is 12.0. The summed E-state index contributed by atoms with van der Waals surface area (Å²) in [5, 5.41) is 6.17. The maximum atomic E-state index is 11.5. The Hall–Kier alpha value is -0.610. The summed E-state index contributed by atoms with van der Waals surface area (Å²) in [6.45, 7) is 5.33. The second kappa shape index (κ2) is 6.86. The molecule has 1 aliphatic carbocycles. The van der Waals surface area contributed by atoms with E-state index >= 15 is 0 Å². The Labute approximate surface area is 98.1 Å². The third kappa shape index (κ3) is 4.49. The molecule has 1 amide bonds. The first-order valence-electron chi connectivity index (χ1n) is 6.16. The van der Waals surface area contributed by atoms with E-state index in [0.717, 1.165) is 19.4 Å². The minimum Gasteiger partial charge on any atom is -0.380 e. The highest BCUT2D eigenvalue weighted by molar-refractivity contribution is 5.78. The van der Waals surface area contributed by atoms with Crippen LogP contribution in [-0.4, -0.2) is 38.3 Å². The van der Waals surface area contributed by atoms with Crippen LogP contribution in [0.2, 0.25) is 0 Å². The molecule has 2 unspecified atom stereocenters. The zero-order valence-electron chi connectivity index (χ0n) is 10.6. The average molecular weight is 228 g/mol. The van der Waals surface area contributed by atoms with Crippen LogP contribution in [0.25, 0.3) is 0 Å². The lowest BCUT2D eigenvalue weighted by molar-refractivity contribution is -0.120. The first kappa shape index (κ1) is 13.5. The highest BCUT2D eigenvalue weighted by atomic mass is 16.5. The van der Waals surface area contributed by atoms with Gasteiger partial charge in [0.1, 0.15) is 0 Å². The third-order valence-corrected chi connectivity index (χ3v) is 2.99. The Morgan fingerprint density at radius 2 is 2.19 bits per heavy atom. The molecule has 1 saturated carbocycles. The molecular weight excluding hydrogens is 204 g/mol. The van der Waals surface area contributed by atoms with Crippen LogP contribution in [0.15, 0.2) is 0 Å². The number of hydrogen-bond acceptors (Lipinski definition) is 3. The van der Waals surface area contributed by atoms with Gasteiger partial charge in [0.05, 0.1) is 12.6 Å². The molecule has 0 aromatic rings. The van der Waals surface area contributed by atoms with Crippen molar-refractivity contribution in [2.75, 3.05) is 20.2 Å². The van der Waals surface area contributed by atoms with Gasteiger partial charge in [0.2, 0.25) is 5.91 Å². The highest BCUT2D eigenvalue weighted by Crippen LogP contribution is 2.21. The van der Waals surface area contributed by atoms with Gasteiger partial charge in [0.15, 0.2) is 0 Å². The van der Waals surface area contributed by atoms with Crippen molar-refractivity contribution in [1.29, 1.82) is 0 Å². The van der Waals surface area contributed by atoms with Gasteiger partial charge in [-0.2, -0.15) is 0 Å². The zero-order valence-corrected chi connectivity index (χ0v) is 10.6. The summed E-state index contributed by atoms with van der Waals surface area (Å²) in [5.74, 6) is 0.581. The van der Waals surface area contributed by atoms with Crippen LogP contribution in [0.3, 0.4) is 0 Å². The molecular formula is C12H24N2O2. The Morgan fingerprint density at radius 3 is 2.81 bits per heavy atom. The number of ether oxygens (including phenoxy) is 1. The van der Waals surface area contributed by atoms with Crippen LogP contribution in [-0.2, 0) is 9.53 Å². The average Bonchev–Trinajstić information content (AvgIpc) is 2.70. The summed E-state index contributed by atoms with van der Waals surface area (Å²) in [5.41, 5.74) is 0. The van der Waals surface area contributed by atoms with E-state index in [1.54, 1.807) is 7.11 Å². The normalized spacial score (nSPS) is 25.0. The van der Waals surface area contributed by atoms with E-state index in [1.807, 2.05) is 0 Å². The monoisotopic (exact) mass is 228 g/mol. The van der Waals surface area contributed by atoms with Crippen molar-refractivity contribution in [2.24, 2.45) is 5.92 Å². The number of rotatable bonds is 6. The van der Waals surface area contributed by atoms with Crippen LogP contribution < -0.4 is 10.6 Å². The summed E-state index contributed by atoms with van der Waals surface area (Å²) < 4.78 is 5.36. The molecule has 4 heteroatoms.